The minimum Gasteiger partial charge on any atom is -0.462 e. The number of benzene rings is 2. The highest BCUT2D eigenvalue weighted by atomic mass is 35.5. The first-order chi connectivity index (χ1) is 23.8. The maximum absolute atomic E-state index is 16.7. The van der Waals surface area contributed by atoms with Crippen molar-refractivity contribution >= 4 is 62.4 Å². The van der Waals surface area contributed by atoms with E-state index in [0.717, 1.165) is 30.8 Å². The summed E-state index contributed by atoms with van der Waals surface area (Å²) in [6, 6.07) is 10.5. The van der Waals surface area contributed by atoms with Gasteiger partial charge in [-0.1, -0.05) is 41.9 Å². The number of ether oxygens (including phenoxy) is 1. The van der Waals surface area contributed by atoms with Crippen LogP contribution in [0.25, 0.3) is 43.9 Å². The minimum atomic E-state index is -0.953. The third kappa shape index (κ3) is 6.51. The number of nitrogens with zero attached hydrogens (tertiary/aromatic N) is 8. The summed E-state index contributed by atoms with van der Waals surface area (Å²) in [6.45, 7) is 9.28. The lowest BCUT2D eigenvalue weighted by Crippen LogP contribution is -2.56. The summed E-state index contributed by atoms with van der Waals surface area (Å²) in [6.07, 6.45) is 6.18. The maximum Gasteiger partial charge on any atom is 0.319 e. The number of amides is 1. The number of piperazine rings is 1. The number of rotatable bonds is 8. The molecule has 0 saturated carbocycles. The average molecular weight is 701 g/mol. The third-order valence-corrected chi connectivity index (χ3v) is 10.1. The highest BCUT2D eigenvalue weighted by Crippen LogP contribution is 2.38. The number of pyridine rings is 1. The molecular weight excluding hydrogens is 670 g/mol. The third-order valence-electron chi connectivity index (χ3n) is 9.08. The number of thiazole rings is 1. The number of likely N-dealkylation sites (N-methyl/N-ethyl adjacent to an activating group) is 1. The molecule has 0 N–H and O–H groups in total. The van der Waals surface area contributed by atoms with Crippen LogP contribution in [0.4, 0.5) is 14.6 Å². The zero-order chi connectivity index (χ0) is 34.1. The highest BCUT2D eigenvalue weighted by molar-refractivity contribution is 7.10. The Morgan fingerprint density at radius 3 is 2.76 bits per heavy atom. The van der Waals surface area contributed by atoms with Crippen LogP contribution in [0.15, 0.2) is 60.0 Å². The summed E-state index contributed by atoms with van der Waals surface area (Å²) in [5, 5.41) is 4.39. The van der Waals surface area contributed by atoms with Crippen molar-refractivity contribution in [1.82, 2.24) is 29.7 Å². The molecule has 3 aromatic heterocycles. The van der Waals surface area contributed by atoms with Gasteiger partial charge in [0.1, 0.15) is 34.7 Å². The summed E-state index contributed by atoms with van der Waals surface area (Å²) in [5.74, 6) is -2.07. The van der Waals surface area contributed by atoms with Gasteiger partial charge in [-0.3, -0.25) is 9.78 Å². The van der Waals surface area contributed by atoms with Crippen molar-refractivity contribution < 1.29 is 18.3 Å². The molecule has 2 saturated heterocycles. The first-order valence-electron chi connectivity index (χ1n) is 15.8. The standard InChI is InChI=1S/C35H31ClF2N8O2S/c1-39-17-23-19-45(13-14-46(23)34(47)27(37)16-28-40-11-15-49-28)33-25-18-41-31(24-9-3-6-21-7-4-10-26(36)29(21)24)30(38)32(25)42-35(43-33)48-20-22-8-5-12-44(22)2/h3-4,6-7,9-11,15-16,18,22-23H,5,8,12-14,17,19-20H2,2H3/b27-16-/t22-,23-/m0/s1. The normalized spacial score (nSPS) is 18.7. The van der Waals surface area contributed by atoms with Gasteiger partial charge >= 0.3 is 6.01 Å². The molecule has 49 heavy (non-hydrogen) atoms. The van der Waals surface area contributed by atoms with Crippen molar-refractivity contribution in [2.75, 3.05) is 51.3 Å². The fraction of sp³-hybridized carbons (Fsp3) is 0.314. The molecule has 14 heteroatoms. The molecule has 1 amide bonds. The van der Waals surface area contributed by atoms with Crippen LogP contribution in [0.1, 0.15) is 17.8 Å². The molecule has 2 aliphatic rings. The van der Waals surface area contributed by atoms with E-state index in [1.807, 2.05) is 36.2 Å². The van der Waals surface area contributed by atoms with E-state index in [1.54, 1.807) is 17.5 Å². The van der Waals surface area contributed by atoms with Crippen molar-refractivity contribution in [3.8, 4) is 17.3 Å². The summed E-state index contributed by atoms with van der Waals surface area (Å²) in [7, 11) is 2.04. The van der Waals surface area contributed by atoms with Crippen LogP contribution in [0.3, 0.4) is 0 Å². The van der Waals surface area contributed by atoms with E-state index in [2.05, 4.69) is 24.7 Å². The molecule has 10 nitrogen and oxygen atoms in total. The second kappa shape index (κ2) is 14.0. The van der Waals surface area contributed by atoms with Gasteiger partial charge in [0.05, 0.1) is 5.39 Å². The van der Waals surface area contributed by atoms with Gasteiger partial charge in [-0.25, -0.2) is 20.3 Å². The Morgan fingerprint density at radius 1 is 1.16 bits per heavy atom. The lowest BCUT2D eigenvalue weighted by molar-refractivity contribution is -0.130. The number of carbonyl (C=O) groups excluding carboxylic acids is 1. The zero-order valence-electron chi connectivity index (χ0n) is 26.5. The van der Waals surface area contributed by atoms with Gasteiger partial charge < -0.3 is 24.3 Å². The Hall–Kier alpha value is -4.77. The summed E-state index contributed by atoms with van der Waals surface area (Å²) in [4.78, 5) is 40.1. The van der Waals surface area contributed by atoms with E-state index < -0.39 is 23.6 Å². The Labute approximate surface area is 290 Å². The smallest absolute Gasteiger partial charge is 0.319 e. The Bertz CT molecular complexity index is 2100. The quantitative estimate of drug-likeness (QED) is 0.134. The molecule has 7 rings (SSSR count). The van der Waals surface area contributed by atoms with E-state index in [4.69, 9.17) is 27.9 Å². The summed E-state index contributed by atoms with van der Waals surface area (Å²) < 4.78 is 37.9. The van der Waals surface area contributed by atoms with Crippen molar-refractivity contribution in [2.45, 2.75) is 24.9 Å². The number of aromatic nitrogens is 4. The molecule has 0 bridgehead atoms. The summed E-state index contributed by atoms with van der Waals surface area (Å²) >= 11 is 7.81. The van der Waals surface area contributed by atoms with Crippen LogP contribution in [-0.2, 0) is 4.79 Å². The number of likely N-dealkylation sites (tertiary alicyclic amines) is 1. The lowest BCUT2D eigenvalue weighted by atomic mass is 10.0. The fourth-order valence-corrected chi connectivity index (χ4v) is 7.40. The predicted octanol–water partition coefficient (Wildman–Crippen LogP) is 6.51. The van der Waals surface area contributed by atoms with E-state index in [9.17, 15) is 4.79 Å². The maximum atomic E-state index is 16.7. The number of fused-ring (bicyclic) bond motifs is 2. The van der Waals surface area contributed by atoms with Crippen LogP contribution in [-0.4, -0.2) is 94.1 Å². The van der Waals surface area contributed by atoms with Gasteiger partial charge in [-0.2, -0.15) is 9.97 Å². The largest absolute Gasteiger partial charge is 0.462 e. The van der Waals surface area contributed by atoms with Gasteiger partial charge in [-0.05, 0) is 37.9 Å². The fourth-order valence-electron chi connectivity index (χ4n) is 6.56. The number of carbonyl (C=O) groups is 1. The van der Waals surface area contributed by atoms with Crippen molar-refractivity contribution in [2.24, 2.45) is 0 Å². The molecule has 0 radical (unpaired) electrons. The molecule has 2 atom stereocenters. The monoisotopic (exact) mass is 700 g/mol. The van der Waals surface area contributed by atoms with Gasteiger partial charge in [0.15, 0.2) is 11.6 Å². The van der Waals surface area contributed by atoms with E-state index in [0.29, 0.717) is 38.8 Å². The highest BCUT2D eigenvalue weighted by Gasteiger charge is 2.36. The Morgan fingerprint density at radius 2 is 2.00 bits per heavy atom. The first-order valence-corrected chi connectivity index (χ1v) is 17.1. The number of hydrogen-bond acceptors (Lipinski definition) is 9. The summed E-state index contributed by atoms with van der Waals surface area (Å²) in [5.41, 5.74) is 0.627. The van der Waals surface area contributed by atoms with Crippen LogP contribution >= 0.6 is 22.9 Å². The van der Waals surface area contributed by atoms with Crippen LogP contribution < -0.4 is 9.64 Å². The average Bonchev–Trinajstić information content (AvgIpc) is 3.78. The van der Waals surface area contributed by atoms with E-state index in [1.165, 1.54) is 28.6 Å². The van der Waals surface area contributed by atoms with Gasteiger partial charge in [0.25, 0.3) is 5.91 Å². The van der Waals surface area contributed by atoms with Gasteiger partial charge in [0, 0.05) is 65.5 Å². The Kier molecular flexibility index (Phi) is 9.35. The van der Waals surface area contributed by atoms with Gasteiger partial charge in [0.2, 0.25) is 6.54 Å². The van der Waals surface area contributed by atoms with Crippen LogP contribution in [0, 0.1) is 12.4 Å². The lowest BCUT2D eigenvalue weighted by Gasteiger charge is -2.39. The first kappa shape index (κ1) is 32.8. The topological polar surface area (TPSA) is 91.9 Å². The minimum absolute atomic E-state index is 0.00691. The molecule has 2 aromatic carbocycles. The van der Waals surface area contributed by atoms with Crippen LogP contribution in [0.5, 0.6) is 6.01 Å². The molecule has 5 heterocycles. The molecule has 0 spiro atoms. The molecule has 0 unspecified atom stereocenters. The second-order valence-electron chi connectivity index (χ2n) is 12.0. The molecule has 2 aliphatic heterocycles. The van der Waals surface area contributed by atoms with E-state index >= 15 is 8.78 Å². The van der Waals surface area contributed by atoms with Crippen molar-refractivity contribution in [1.29, 1.82) is 0 Å². The number of hydrogen-bond donors (Lipinski definition) is 0. The number of anilines is 1. The van der Waals surface area contributed by atoms with Crippen molar-refractivity contribution in [3.05, 3.63) is 87.3 Å². The van der Waals surface area contributed by atoms with E-state index in [-0.39, 0.29) is 49.4 Å². The van der Waals surface area contributed by atoms with Crippen molar-refractivity contribution in [3.63, 3.8) is 0 Å². The Balaban J connectivity index is 1.27. The zero-order valence-corrected chi connectivity index (χ0v) is 28.1. The molecular formula is C35H31ClF2N8O2S. The number of halogens is 3. The second-order valence-corrected chi connectivity index (χ2v) is 13.4. The molecule has 250 valence electrons. The van der Waals surface area contributed by atoms with Crippen LogP contribution in [0.2, 0.25) is 5.02 Å². The predicted molar refractivity (Wildman–Crippen MR) is 187 cm³/mol. The molecule has 5 aromatic rings. The van der Waals surface area contributed by atoms with Gasteiger partial charge in [-0.15, -0.1) is 11.3 Å². The SMILES string of the molecule is [C-]#[N+]C[C@H]1CN(c2nc(OC[C@@H]3CCCN3C)nc3c(F)c(-c4cccc5cccc(Cl)c45)ncc23)CCN1C(=O)/C(F)=C/c1nccs1. The molecule has 0 aliphatic carbocycles. The molecule has 2 fully saturated rings.